The van der Waals surface area contributed by atoms with Crippen LogP contribution in [0.2, 0.25) is 0 Å². The number of phenolic OH excluding ortho intramolecular Hbond substituents is 1. The molecule has 0 saturated heterocycles. The number of amides is 1. The van der Waals surface area contributed by atoms with Crippen LogP contribution in [0.3, 0.4) is 0 Å². The van der Waals surface area contributed by atoms with Crippen molar-refractivity contribution in [2.24, 2.45) is 5.10 Å². The van der Waals surface area contributed by atoms with Gasteiger partial charge in [-0.25, -0.2) is 13.8 Å². The maximum atomic E-state index is 12.0. The number of sulfonamides is 1. The average molecular weight is 375 g/mol. The molecule has 2 N–H and O–H groups in total. The van der Waals surface area contributed by atoms with Crippen molar-refractivity contribution >= 4 is 22.1 Å². The number of carbonyl (C=O) groups is 1. The largest absolute Gasteiger partial charge is 0.508 e. The molecule has 0 fully saturated rings. The molecule has 0 bridgehead atoms. The summed E-state index contributed by atoms with van der Waals surface area (Å²) in [6.07, 6.45) is 2.95. The van der Waals surface area contributed by atoms with E-state index in [1.54, 1.807) is 12.1 Å². The number of nitrogens with one attached hydrogen (secondary N) is 1. The van der Waals surface area contributed by atoms with Crippen molar-refractivity contribution in [1.29, 1.82) is 0 Å². The van der Waals surface area contributed by atoms with Gasteiger partial charge in [0.1, 0.15) is 5.75 Å². The maximum Gasteiger partial charge on any atom is 0.255 e. The highest BCUT2D eigenvalue weighted by Gasteiger charge is 2.19. The van der Waals surface area contributed by atoms with E-state index in [9.17, 15) is 18.3 Å². The lowest BCUT2D eigenvalue weighted by Gasteiger charge is -2.18. The monoisotopic (exact) mass is 375 g/mol. The molecule has 2 rings (SSSR count). The molecule has 0 aromatic heterocycles. The van der Waals surface area contributed by atoms with E-state index >= 15 is 0 Å². The van der Waals surface area contributed by atoms with E-state index < -0.39 is 15.9 Å². The SMILES string of the molecule is CS(=O)(=O)N(CCc1ccccc1)CC(=O)N/N=C/c1cccc(O)c1. The Labute approximate surface area is 153 Å². The van der Waals surface area contributed by atoms with Gasteiger partial charge in [0.25, 0.3) is 5.91 Å². The standard InChI is InChI=1S/C18H21N3O4S/c1-26(24,25)21(11-10-15-6-3-2-4-7-15)14-18(23)20-19-13-16-8-5-9-17(22)12-16/h2-9,12-13,22H,10-11,14H2,1H3,(H,20,23)/b19-13+. The van der Waals surface area contributed by atoms with E-state index in [2.05, 4.69) is 10.5 Å². The number of hydrogen-bond donors (Lipinski definition) is 2. The Bertz CT molecular complexity index is 867. The van der Waals surface area contributed by atoms with Gasteiger partial charge < -0.3 is 5.11 Å². The Kier molecular flexibility index (Phi) is 6.88. The van der Waals surface area contributed by atoms with Crippen LogP contribution in [-0.4, -0.2) is 49.3 Å². The summed E-state index contributed by atoms with van der Waals surface area (Å²) in [5.74, 6) is -0.454. The fraction of sp³-hybridized carbons (Fsp3) is 0.222. The number of hydrazone groups is 1. The van der Waals surface area contributed by atoms with Gasteiger partial charge in [0, 0.05) is 6.54 Å². The third-order valence-corrected chi connectivity index (χ3v) is 4.80. The zero-order valence-corrected chi connectivity index (χ0v) is 15.2. The predicted octanol–water partition coefficient (Wildman–Crippen LogP) is 1.35. The van der Waals surface area contributed by atoms with Crippen molar-refractivity contribution in [3.8, 4) is 5.75 Å². The van der Waals surface area contributed by atoms with E-state index in [0.29, 0.717) is 12.0 Å². The lowest BCUT2D eigenvalue weighted by Crippen LogP contribution is -2.40. The summed E-state index contributed by atoms with van der Waals surface area (Å²) in [5.41, 5.74) is 3.89. The van der Waals surface area contributed by atoms with Gasteiger partial charge in [-0.2, -0.15) is 9.41 Å². The fourth-order valence-corrected chi connectivity index (χ4v) is 3.01. The minimum atomic E-state index is -3.53. The Morgan fingerprint density at radius 3 is 2.58 bits per heavy atom. The summed E-state index contributed by atoms with van der Waals surface area (Å²) in [7, 11) is -3.53. The number of aromatic hydroxyl groups is 1. The van der Waals surface area contributed by atoms with Crippen LogP contribution >= 0.6 is 0 Å². The zero-order chi connectivity index (χ0) is 19.0. The molecule has 0 unspecified atom stereocenters. The molecule has 0 atom stereocenters. The van der Waals surface area contributed by atoms with Gasteiger partial charge in [0.15, 0.2) is 0 Å². The number of benzene rings is 2. The lowest BCUT2D eigenvalue weighted by molar-refractivity contribution is -0.121. The van der Waals surface area contributed by atoms with Gasteiger partial charge in [0.05, 0.1) is 19.0 Å². The minimum Gasteiger partial charge on any atom is -0.508 e. The maximum absolute atomic E-state index is 12.0. The van der Waals surface area contributed by atoms with Crippen LogP contribution in [0.4, 0.5) is 0 Å². The predicted molar refractivity (Wildman–Crippen MR) is 100 cm³/mol. The van der Waals surface area contributed by atoms with E-state index in [-0.39, 0.29) is 18.8 Å². The van der Waals surface area contributed by atoms with Crippen LogP contribution in [0.5, 0.6) is 5.75 Å². The number of rotatable bonds is 8. The first kappa shape index (κ1) is 19.6. The van der Waals surface area contributed by atoms with Crippen molar-refractivity contribution < 1.29 is 18.3 Å². The van der Waals surface area contributed by atoms with Crippen molar-refractivity contribution in [2.45, 2.75) is 6.42 Å². The van der Waals surface area contributed by atoms with Gasteiger partial charge in [0.2, 0.25) is 10.0 Å². The first-order chi connectivity index (χ1) is 12.3. The van der Waals surface area contributed by atoms with Crippen LogP contribution in [0.15, 0.2) is 59.7 Å². The van der Waals surface area contributed by atoms with Crippen molar-refractivity contribution in [3.63, 3.8) is 0 Å². The molecular formula is C18H21N3O4S. The second-order valence-electron chi connectivity index (χ2n) is 5.72. The summed E-state index contributed by atoms with van der Waals surface area (Å²) in [5, 5.41) is 13.1. The van der Waals surface area contributed by atoms with Crippen LogP contribution < -0.4 is 5.43 Å². The van der Waals surface area contributed by atoms with E-state index in [0.717, 1.165) is 16.1 Å². The minimum absolute atomic E-state index is 0.0874. The van der Waals surface area contributed by atoms with Crippen molar-refractivity contribution in [1.82, 2.24) is 9.73 Å². The lowest BCUT2D eigenvalue weighted by atomic mass is 10.1. The molecule has 0 aliphatic heterocycles. The van der Waals surface area contributed by atoms with Gasteiger partial charge in [-0.05, 0) is 29.7 Å². The number of hydrogen-bond acceptors (Lipinski definition) is 5. The second kappa shape index (κ2) is 9.12. The quantitative estimate of drug-likeness (QED) is 0.537. The number of nitrogens with zero attached hydrogens (tertiary/aromatic N) is 2. The summed E-state index contributed by atoms with van der Waals surface area (Å²) in [6.45, 7) is -0.115. The van der Waals surface area contributed by atoms with Gasteiger partial charge >= 0.3 is 0 Å². The molecule has 0 aliphatic rings. The summed E-state index contributed by atoms with van der Waals surface area (Å²) < 4.78 is 24.9. The van der Waals surface area contributed by atoms with Crippen molar-refractivity contribution in [3.05, 3.63) is 65.7 Å². The highest BCUT2D eigenvalue weighted by molar-refractivity contribution is 7.88. The Hall–Kier alpha value is -2.71. The molecule has 138 valence electrons. The Morgan fingerprint density at radius 2 is 1.92 bits per heavy atom. The van der Waals surface area contributed by atoms with E-state index in [4.69, 9.17) is 0 Å². The summed E-state index contributed by atoms with van der Waals surface area (Å²) in [4.78, 5) is 12.0. The molecule has 2 aromatic carbocycles. The van der Waals surface area contributed by atoms with Gasteiger partial charge in [-0.1, -0.05) is 42.5 Å². The second-order valence-corrected chi connectivity index (χ2v) is 7.70. The highest BCUT2D eigenvalue weighted by Crippen LogP contribution is 2.08. The molecular weight excluding hydrogens is 354 g/mol. The summed E-state index contributed by atoms with van der Waals surface area (Å²) >= 11 is 0. The normalized spacial score (nSPS) is 11.8. The molecule has 0 saturated carbocycles. The molecule has 26 heavy (non-hydrogen) atoms. The van der Waals surface area contributed by atoms with Crippen LogP contribution in [0, 0.1) is 0 Å². The first-order valence-corrected chi connectivity index (χ1v) is 9.79. The highest BCUT2D eigenvalue weighted by atomic mass is 32.2. The molecule has 1 amide bonds. The molecule has 0 heterocycles. The first-order valence-electron chi connectivity index (χ1n) is 7.94. The molecule has 7 nitrogen and oxygen atoms in total. The molecule has 0 aliphatic carbocycles. The van der Waals surface area contributed by atoms with Crippen LogP contribution in [0.1, 0.15) is 11.1 Å². The van der Waals surface area contributed by atoms with E-state index in [1.165, 1.54) is 18.3 Å². The summed E-state index contributed by atoms with van der Waals surface area (Å²) in [6, 6.07) is 15.8. The van der Waals surface area contributed by atoms with Gasteiger partial charge in [-0.3, -0.25) is 4.79 Å². The van der Waals surface area contributed by atoms with Gasteiger partial charge in [-0.15, -0.1) is 0 Å². The Balaban J connectivity index is 1.91. The topological polar surface area (TPSA) is 99.1 Å². The van der Waals surface area contributed by atoms with Crippen LogP contribution in [0.25, 0.3) is 0 Å². The third kappa shape index (κ3) is 6.66. The smallest absolute Gasteiger partial charge is 0.255 e. The van der Waals surface area contributed by atoms with Crippen molar-refractivity contribution in [2.75, 3.05) is 19.3 Å². The Morgan fingerprint density at radius 1 is 1.19 bits per heavy atom. The molecule has 2 aromatic rings. The van der Waals surface area contributed by atoms with Crippen LogP contribution in [-0.2, 0) is 21.2 Å². The number of phenols is 1. The third-order valence-electron chi connectivity index (χ3n) is 3.55. The average Bonchev–Trinajstić information content (AvgIpc) is 2.58. The molecule has 0 spiro atoms. The number of carbonyl (C=O) groups excluding carboxylic acids is 1. The fourth-order valence-electron chi connectivity index (χ4n) is 2.24. The van der Waals surface area contributed by atoms with E-state index in [1.807, 2.05) is 30.3 Å². The molecule has 0 radical (unpaired) electrons. The molecule has 8 heteroatoms. The zero-order valence-electron chi connectivity index (χ0n) is 14.4.